The third-order valence-corrected chi connectivity index (χ3v) is 8.27. The van der Waals surface area contributed by atoms with E-state index in [1.54, 1.807) is 0 Å². The van der Waals surface area contributed by atoms with Crippen molar-refractivity contribution in [3.8, 4) is 11.8 Å². The van der Waals surface area contributed by atoms with Crippen molar-refractivity contribution in [3.63, 3.8) is 0 Å². The summed E-state index contributed by atoms with van der Waals surface area (Å²) < 4.78 is 17.7. The molecular formula is C38H45N5O4. The molecule has 9 nitrogen and oxygen atoms in total. The zero-order valence-corrected chi connectivity index (χ0v) is 27.6. The Bertz CT molecular complexity index is 1600. The lowest BCUT2D eigenvalue weighted by Crippen LogP contribution is -2.57. The Kier molecular flexibility index (Phi) is 10.1. The van der Waals surface area contributed by atoms with E-state index in [2.05, 4.69) is 39.4 Å². The van der Waals surface area contributed by atoms with E-state index in [1.165, 1.54) is 5.69 Å². The summed E-state index contributed by atoms with van der Waals surface area (Å²) >= 11 is 0. The van der Waals surface area contributed by atoms with Crippen LogP contribution >= 0.6 is 0 Å². The molecule has 0 aliphatic carbocycles. The molecule has 0 saturated carbocycles. The summed E-state index contributed by atoms with van der Waals surface area (Å²) in [6.45, 7) is 13.0. The third-order valence-electron chi connectivity index (χ3n) is 8.27. The molecule has 0 spiro atoms. The highest BCUT2D eigenvalue weighted by Gasteiger charge is 2.35. The smallest absolute Gasteiger partial charge is 0.410 e. The van der Waals surface area contributed by atoms with Crippen LogP contribution in [0.25, 0.3) is 0 Å². The van der Waals surface area contributed by atoms with E-state index in [0.717, 1.165) is 68.3 Å². The number of carbonyl (C=O) groups excluding carboxylic acids is 1. The lowest BCUT2D eigenvalue weighted by atomic mass is 10.00. The van der Waals surface area contributed by atoms with Gasteiger partial charge in [-0.05, 0) is 56.2 Å². The zero-order chi connectivity index (χ0) is 32.6. The van der Waals surface area contributed by atoms with Gasteiger partial charge in [0, 0.05) is 69.2 Å². The number of carbonyl (C=O) groups is 1. The van der Waals surface area contributed by atoms with Crippen molar-refractivity contribution in [1.82, 2.24) is 14.8 Å². The summed E-state index contributed by atoms with van der Waals surface area (Å²) in [5.41, 5.74) is 4.60. The first-order chi connectivity index (χ1) is 22.8. The summed E-state index contributed by atoms with van der Waals surface area (Å²) in [4.78, 5) is 23.8. The summed E-state index contributed by atoms with van der Waals surface area (Å²) in [6.07, 6.45) is -0.204. The molecule has 4 aromatic rings. The molecule has 6 rings (SSSR count). The Morgan fingerprint density at radius 2 is 1.47 bits per heavy atom. The van der Waals surface area contributed by atoms with E-state index >= 15 is 0 Å². The molecule has 2 aliphatic rings. The van der Waals surface area contributed by atoms with Crippen LogP contribution in [0.5, 0.6) is 11.8 Å². The van der Waals surface area contributed by atoms with Gasteiger partial charge in [-0.1, -0.05) is 66.7 Å². The van der Waals surface area contributed by atoms with Crippen LogP contribution in [0.2, 0.25) is 0 Å². The van der Waals surface area contributed by atoms with Gasteiger partial charge in [-0.15, -0.1) is 0 Å². The van der Waals surface area contributed by atoms with Crippen LogP contribution in [0, 0.1) is 5.92 Å². The molecule has 3 aromatic carbocycles. The molecule has 1 amide bonds. The van der Waals surface area contributed by atoms with Crippen LogP contribution in [0.1, 0.15) is 31.9 Å². The summed E-state index contributed by atoms with van der Waals surface area (Å²) in [5.74, 6) is 1.50. The average Bonchev–Trinajstić information content (AvgIpc) is 3.05. The van der Waals surface area contributed by atoms with Gasteiger partial charge in [-0.2, -0.15) is 4.98 Å². The number of rotatable bonds is 11. The molecule has 2 fully saturated rings. The summed E-state index contributed by atoms with van der Waals surface area (Å²) in [6, 6.07) is 32.5. The summed E-state index contributed by atoms with van der Waals surface area (Å²) in [5, 5.41) is 3.54. The minimum Gasteiger partial charge on any atom is -0.473 e. The number of ether oxygens (including phenoxy) is 3. The molecule has 1 aromatic heterocycles. The Morgan fingerprint density at radius 3 is 2.13 bits per heavy atom. The standard InChI is InChI=1S/C38H45N5O4/c1-38(2,3)47-37(44)43-25-31(26-43)24-41-19-21-42(22-20-41)33-16-10-15-32(23-33)39-34-17-18-35(45-27-29-11-6-4-7-12-29)40-36(34)46-28-30-13-8-5-9-14-30/h4-18,23,31,39H,19-22,24-28H2,1-3H3. The molecule has 1 N–H and O–H groups in total. The van der Waals surface area contributed by atoms with Gasteiger partial charge >= 0.3 is 6.09 Å². The van der Waals surface area contributed by atoms with Gasteiger partial charge in [0.1, 0.15) is 24.5 Å². The number of likely N-dealkylation sites (tertiary alicyclic amines) is 1. The van der Waals surface area contributed by atoms with Crippen molar-refractivity contribution in [2.24, 2.45) is 5.92 Å². The Balaban J connectivity index is 1.05. The summed E-state index contributed by atoms with van der Waals surface area (Å²) in [7, 11) is 0. The maximum absolute atomic E-state index is 12.3. The highest BCUT2D eigenvalue weighted by molar-refractivity contribution is 5.69. The minimum atomic E-state index is -0.455. The van der Waals surface area contributed by atoms with E-state index in [-0.39, 0.29) is 6.09 Å². The van der Waals surface area contributed by atoms with Crippen LogP contribution in [0.15, 0.2) is 97.1 Å². The molecule has 47 heavy (non-hydrogen) atoms. The van der Waals surface area contributed by atoms with Crippen LogP contribution in [-0.2, 0) is 18.0 Å². The number of benzene rings is 3. The van der Waals surface area contributed by atoms with Gasteiger partial charge in [-0.3, -0.25) is 4.90 Å². The second-order valence-corrected chi connectivity index (χ2v) is 13.3. The number of aromatic nitrogens is 1. The zero-order valence-electron chi connectivity index (χ0n) is 27.6. The number of hydrogen-bond donors (Lipinski definition) is 1. The average molecular weight is 636 g/mol. The topological polar surface area (TPSA) is 79.4 Å². The van der Waals surface area contributed by atoms with Crippen LogP contribution in [-0.4, -0.2) is 72.3 Å². The second-order valence-electron chi connectivity index (χ2n) is 13.3. The molecule has 3 heterocycles. The maximum atomic E-state index is 12.3. The maximum Gasteiger partial charge on any atom is 0.410 e. The van der Waals surface area contributed by atoms with Gasteiger partial charge in [0.25, 0.3) is 0 Å². The normalized spacial score (nSPS) is 15.6. The Labute approximate surface area is 278 Å². The third kappa shape index (κ3) is 9.16. The van der Waals surface area contributed by atoms with Crippen molar-refractivity contribution in [2.45, 2.75) is 39.6 Å². The lowest BCUT2D eigenvalue weighted by molar-refractivity contribution is -0.00657. The minimum absolute atomic E-state index is 0.204. The molecule has 0 radical (unpaired) electrons. The number of anilines is 3. The van der Waals surface area contributed by atoms with Crippen molar-refractivity contribution in [2.75, 3.05) is 56.0 Å². The Morgan fingerprint density at radius 1 is 0.809 bits per heavy atom. The number of nitrogens with zero attached hydrogens (tertiary/aromatic N) is 4. The van der Waals surface area contributed by atoms with E-state index in [0.29, 0.717) is 30.9 Å². The fraction of sp³-hybridized carbons (Fsp3) is 0.368. The van der Waals surface area contributed by atoms with Gasteiger partial charge in [0.05, 0.1) is 0 Å². The van der Waals surface area contributed by atoms with Crippen molar-refractivity contribution in [3.05, 3.63) is 108 Å². The highest BCUT2D eigenvalue weighted by atomic mass is 16.6. The highest BCUT2D eigenvalue weighted by Crippen LogP contribution is 2.31. The van der Waals surface area contributed by atoms with E-state index in [1.807, 2.05) is 98.5 Å². The molecule has 0 unspecified atom stereocenters. The molecule has 0 atom stereocenters. The predicted molar refractivity (Wildman–Crippen MR) is 185 cm³/mol. The first-order valence-corrected chi connectivity index (χ1v) is 16.4. The number of amides is 1. The van der Waals surface area contributed by atoms with Crippen LogP contribution in [0.4, 0.5) is 21.9 Å². The first-order valence-electron chi connectivity index (χ1n) is 16.4. The number of nitrogens with one attached hydrogen (secondary N) is 1. The predicted octanol–water partition coefficient (Wildman–Crippen LogP) is 6.97. The number of pyridine rings is 1. The fourth-order valence-electron chi connectivity index (χ4n) is 5.82. The van der Waals surface area contributed by atoms with Crippen LogP contribution in [0.3, 0.4) is 0 Å². The van der Waals surface area contributed by atoms with Gasteiger partial charge in [0.2, 0.25) is 11.8 Å². The molecule has 2 aliphatic heterocycles. The number of piperazine rings is 1. The molecule has 9 heteroatoms. The lowest BCUT2D eigenvalue weighted by Gasteiger charge is -2.44. The second kappa shape index (κ2) is 14.8. The van der Waals surface area contributed by atoms with Crippen molar-refractivity contribution in [1.29, 1.82) is 0 Å². The van der Waals surface area contributed by atoms with Gasteiger partial charge < -0.3 is 29.3 Å². The Hall–Kier alpha value is -4.76. The molecule has 2 saturated heterocycles. The molecule has 0 bridgehead atoms. The van der Waals surface area contributed by atoms with E-state index in [4.69, 9.17) is 19.2 Å². The molecule has 246 valence electrons. The van der Waals surface area contributed by atoms with E-state index in [9.17, 15) is 4.79 Å². The van der Waals surface area contributed by atoms with Gasteiger partial charge in [-0.25, -0.2) is 4.79 Å². The quantitative estimate of drug-likeness (QED) is 0.189. The monoisotopic (exact) mass is 635 g/mol. The SMILES string of the molecule is CC(C)(C)OC(=O)N1CC(CN2CCN(c3cccc(Nc4ccc(OCc5ccccc5)nc4OCc4ccccc4)c3)CC2)C1. The first kappa shape index (κ1) is 32.2. The van der Waals surface area contributed by atoms with Crippen LogP contribution < -0.4 is 19.7 Å². The largest absolute Gasteiger partial charge is 0.473 e. The van der Waals surface area contributed by atoms with Crippen molar-refractivity contribution < 1.29 is 19.0 Å². The van der Waals surface area contributed by atoms with Gasteiger partial charge in [0.15, 0.2) is 0 Å². The number of hydrogen-bond acceptors (Lipinski definition) is 8. The van der Waals surface area contributed by atoms with E-state index < -0.39 is 5.60 Å². The fourth-order valence-corrected chi connectivity index (χ4v) is 5.82. The molecular weight excluding hydrogens is 590 g/mol. The van der Waals surface area contributed by atoms with Crippen molar-refractivity contribution >= 4 is 23.2 Å².